The van der Waals surface area contributed by atoms with Gasteiger partial charge in [0.2, 0.25) is 10.0 Å². The van der Waals surface area contributed by atoms with Crippen LogP contribution in [0.3, 0.4) is 0 Å². The van der Waals surface area contributed by atoms with E-state index in [-0.39, 0.29) is 21.9 Å². The zero-order valence-corrected chi connectivity index (χ0v) is 14.4. The number of hydrogen-bond acceptors (Lipinski definition) is 4. The van der Waals surface area contributed by atoms with Crippen LogP contribution in [0, 0.1) is 0 Å². The van der Waals surface area contributed by atoms with Gasteiger partial charge in [-0.1, -0.05) is 23.7 Å². The van der Waals surface area contributed by atoms with E-state index in [1.807, 2.05) is 0 Å². The zero-order chi connectivity index (χ0) is 19.1. The van der Waals surface area contributed by atoms with Crippen LogP contribution in [-0.2, 0) is 16.2 Å². The number of benzene rings is 2. The number of halogens is 4. The highest BCUT2D eigenvalue weighted by Crippen LogP contribution is 2.38. The third-order valence-electron chi connectivity index (χ3n) is 3.43. The van der Waals surface area contributed by atoms with E-state index < -0.39 is 22.1 Å². The maximum atomic E-state index is 13.0. The van der Waals surface area contributed by atoms with Crippen molar-refractivity contribution in [1.29, 1.82) is 0 Å². The molecule has 0 aliphatic rings. The molecule has 1 heterocycles. The molecule has 2 aromatic carbocycles. The highest BCUT2D eigenvalue weighted by atomic mass is 35.5. The fraction of sp³-hybridized carbons (Fsp3) is 0.0625. The van der Waals surface area contributed by atoms with E-state index in [0.29, 0.717) is 10.6 Å². The van der Waals surface area contributed by atoms with Gasteiger partial charge in [-0.25, -0.2) is 18.5 Å². The summed E-state index contributed by atoms with van der Waals surface area (Å²) in [5, 5.41) is 5.42. The van der Waals surface area contributed by atoms with Gasteiger partial charge >= 0.3 is 12.1 Å². The van der Waals surface area contributed by atoms with Gasteiger partial charge < -0.3 is 4.42 Å². The summed E-state index contributed by atoms with van der Waals surface area (Å²) in [6.45, 7) is 0. The first-order chi connectivity index (χ1) is 12.1. The van der Waals surface area contributed by atoms with E-state index in [1.165, 1.54) is 48.5 Å². The Hall–Kier alpha value is -2.36. The monoisotopic (exact) mass is 402 g/mol. The predicted molar refractivity (Wildman–Crippen MR) is 88.8 cm³/mol. The van der Waals surface area contributed by atoms with Crippen LogP contribution < -0.4 is 5.14 Å². The molecule has 10 heteroatoms. The van der Waals surface area contributed by atoms with Crippen molar-refractivity contribution in [3.8, 4) is 22.6 Å². The van der Waals surface area contributed by atoms with E-state index in [1.54, 1.807) is 0 Å². The van der Waals surface area contributed by atoms with Gasteiger partial charge in [0.05, 0.1) is 4.90 Å². The highest BCUT2D eigenvalue weighted by molar-refractivity contribution is 7.89. The molecule has 0 radical (unpaired) electrons. The maximum Gasteiger partial charge on any atom is 0.468 e. The fourth-order valence-corrected chi connectivity index (χ4v) is 2.88. The normalized spacial score (nSPS) is 12.3. The Balaban J connectivity index is 2.16. The minimum atomic E-state index is -4.78. The SMILES string of the molecule is NS(=O)(=O)c1ccc(-c2nc(C(F)(F)F)oc2-c2ccc(Cl)cc2)cc1. The van der Waals surface area contributed by atoms with Crippen molar-refractivity contribution in [1.82, 2.24) is 4.98 Å². The standard InChI is InChI=1S/C16H10ClF3N2O3S/c17-11-5-1-10(2-6-11)14-13(22-15(25-14)16(18,19)20)9-3-7-12(8-4-9)26(21,23)24/h1-8H,(H2,21,23,24). The zero-order valence-electron chi connectivity index (χ0n) is 12.8. The molecular formula is C16H10ClF3N2O3S. The molecule has 5 nitrogen and oxygen atoms in total. The minimum Gasteiger partial charge on any atom is -0.432 e. The molecule has 0 amide bonds. The smallest absolute Gasteiger partial charge is 0.432 e. The van der Waals surface area contributed by atoms with Crippen molar-refractivity contribution in [2.75, 3.05) is 0 Å². The molecule has 0 fully saturated rings. The number of aromatic nitrogens is 1. The quantitative estimate of drug-likeness (QED) is 0.706. The molecule has 0 bridgehead atoms. The average Bonchev–Trinajstić information content (AvgIpc) is 3.00. The van der Waals surface area contributed by atoms with Crippen LogP contribution in [0.2, 0.25) is 5.02 Å². The molecule has 3 rings (SSSR count). The van der Waals surface area contributed by atoms with E-state index >= 15 is 0 Å². The lowest BCUT2D eigenvalue weighted by atomic mass is 10.1. The van der Waals surface area contributed by atoms with Crippen molar-refractivity contribution < 1.29 is 26.0 Å². The highest BCUT2D eigenvalue weighted by Gasteiger charge is 2.39. The van der Waals surface area contributed by atoms with Crippen LogP contribution in [0.5, 0.6) is 0 Å². The number of primary sulfonamides is 1. The summed E-state index contributed by atoms with van der Waals surface area (Å²) in [6.07, 6.45) is -4.78. The molecule has 26 heavy (non-hydrogen) atoms. The number of rotatable bonds is 3. The second-order valence-electron chi connectivity index (χ2n) is 5.27. The number of alkyl halides is 3. The lowest BCUT2D eigenvalue weighted by Crippen LogP contribution is -2.11. The summed E-state index contributed by atoms with van der Waals surface area (Å²) < 4.78 is 66.6. The Morgan fingerprint density at radius 2 is 1.50 bits per heavy atom. The molecule has 0 aliphatic heterocycles. The van der Waals surface area contributed by atoms with E-state index in [4.69, 9.17) is 21.2 Å². The summed E-state index contributed by atoms with van der Waals surface area (Å²) in [7, 11) is -3.93. The van der Waals surface area contributed by atoms with Gasteiger partial charge in [-0.3, -0.25) is 0 Å². The number of oxazole rings is 1. The van der Waals surface area contributed by atoms with E-state index in [0.717, 1.165) is 0 Å². The van der Waals surface area contributed by atoms with Crippen molar-refractivity contribution in [3.05, 3.63) is 59.4 Å². The predicted octanol–water partition coefficient (Wildman–Crippen LogP) is 4.33. The van der Waals surface area contributed by atoms with Crippen LogP contribution in [0.4, 0.5) is 13.2 Å². The van der Waals surface area contributed by atoms with E-state index in [2.05, 4.69) is 4.98 Å². The van der Waals surface area contributed by atoms with Gasteiger partial charge in [0.1, 0.15) is 5.69 Å². The number of sulfonamides is 1. The van der Waals surface area contributed by atoms with E-state index in [9.17, 15) is 21.6 Å². The van der Waals surface area contributed by atoms with Crippen molar-refractivity contribution in [3.63, 3.8) is 0 Å². The number of nitrogens with two attached hydrogens (primary N) is 1. The lowest BCUT2D eigenvalue weighted by molar-refractivity contribution is -0.156. The van der Waals surface area contributed by atoms with Gasteiger partial charge in [0.15, 0.2) is 5.76 Å². The second kappa shape index (κ2) is 6.42. The summed E-state index contributed by atoms with van der Waals surface area (Å²) in [5.41, 5.74) is 0.491. The van der Waals surface area contributed by atoms with Gasteiger partial charge in [-0.2, -0.15) is 13.2 Å². The third-order valence-corrected chi connectivity index (χ3v) is 4.61. The van der Waals surface area contributed by atoms with Gasteiger partial charge in [0, 0.05) is 16.1 Å². The Kier molecular flexibility index (Phi) is 4.55. The second-order valence-corrected chi connectivity index (χ2v) is 7.27. The molecule has 2 N–H and O–H groups in total. The number of hydrogen-bond donors (Lipinski definition) is 1. The van der Waals surface area contributed by atoms with Crippen molar-refractivity contribution >= 4 is 21.6 Å². The van der Waals surface area contributed by atoms with Gasteiger partial charge in [0.25, 0.3) is 0 Å². The summed E-state index contributed by atoms with van der Waals surface area (Å²) in [5.74, 6) is -1.52. The Morgan fingerprint density at radius 1 is 0.962 bits per heavy atom. The lowest BCUT2D eigenvalue weighted by Gasteiger charge is -2.03. The molecule has 0 unspecified atom stereocenters. The molecule has 0 aliphatic carbocycles. The Bertz CT molecular complexity index is 1040. The summed E-state index contributed by atoms with van der Waals surface area (Å²) in [6, 6.07) is 10.9. The Labute approximate surface area is 151 Å². The van der Waals surface area contributed by atoms with Crippen LogP contribution in [0.25, 0.3) is 22.6 Å². The van der Waals surface area contributed by atoms with Crippen molar-refractivity contribution in [2.45, 2.75) is 11.1 Å². The minimum absolute atomic E-state index is 0.0828. The molecule has 3 aromatic rings. The largest absolute Gasteiger partial charge is 0.468 e. The third kappa shape index (κ3) is 3.74. The first kappa shape index (κ1) is 18.4. The molecule has 0 spiro atoms. The molecular weight excluding hydrogens is 393 g/mol. The summed E-state index contributed by atoms with van der Waals surface area (Å²) >= 11 is 5.80. The fourth-order valence-electron chi connectivity index (χ4n) is 2.24. The topological polar surface area (TPSA) is 86.2 Å². The average molecular weight is 403 g/mol. The van der Waals surface area contributed by atoms with Gasteiger partial charge in [-0.05, 0) is 36.4 Å². The molecule has 0 atom stereocenters. The van der Waals surface area contributed by atoms with Crippen LogP contribution in [0.15, 0.2) is 57.8 Å². The van der Waals surface area contributed by atoms with Crippen LogP contribution in [-0.4, -0.2) is 13.4 Å². The molecule has 136 valence electrons. The summed E-state index contributed by atoms with van der Waals surface area (Å²) in [4.78, 5) is 3.36. The van der Waals surface area contributed by atoms with Gasteiger partial charge in [-0.15, -0.1) is 0 Å². The Morgan fingerprint density at radius 3 is 2.00 bits per heavy atom. The molecule has 0 saturated carbocycles. The first-order valence-corrected chi connectivity index (χ1v) is 8.95. The van der Waals surface area contributed by atoms with Crippen molar-refractivity contribution in [2.24, 2.45) is 5.14 Å². The maximum absolute atomic E-state index is 13.0. The molecule has 0 saturated heterocycles. The molecule has 1 aromatic heterocycles. The van der Waals surface area contributed by atoms with Crippen LogP contribution >= 0.6 is 11.6 Å². The number of nitrogens with zero attached hydrogens (tertiary/aromatic N) is 1. The first-order valence-electron chi connectivity index (χ1n) is 7.03. The van der Waals surface area contributed by atoms with Crippen LogP contribution in [0.1, 0.15) is 5.89 Å².